The van der Waals surface area contributed by atoms with Crippen LogP contribution in [-0.2, 0) is 9.63 Å². The molecule has 1 aromatic heterocycles. The molecule has 1 heterocycles. The first kappa shape index (κ1) is 17.8. The summed E-state index contributed by atoms with van der Waals surface area (Å²) in [6.07, 6.45) is 0.798. The van der Waals surface area contributed by atoms with Crippen molar-refractivity contribution < 1.29 is 18.4 Å². The molecule has 1 amide bonds. The molecular formula is C16H20F2N4O2. The molecule has 2 aromatic rings. The van der Waals surface area contributed by atoms with Gasteiger partial charge in [-0.1, -0.05) is 24.2 Å². The van der Waals surface area contributed by atoms with Gasteiger partial charge in [-0.3, -0.25) is 9.36 Å². The molecule has 2 rings (SSSR count). The van der Waals surface area contributed by atoms with Crippen LogP contribution in [0.2, 0.25) is 0 Å². The van der Waals surface area contributed by atoms with Gasteiger partial charge in [-0.25, -0.2) is 4.98 Å². The zero-order valence-electron chi connectivity index (χ0n) is 13.8. The van der Waals surface area contributed by atoms with Gasteiger partial charge in [-0.05, 0) is 32.4 Å². The van der Waals surface area contributed by atoms with Crippen molar-refractivity contribution in [2.24, 2.45) is 5.16 Å². The highest BCUT2D eigenvalue weighted by atomic mass is 19.3. The number of para-hydroxylation sites is 2. The molecule has 0 saturated heterocycles. The van der Waals surface area contributed by atoms with Crippen molar-refractivity contribution >= 4 is 22.7 Å². The van der Waals surface area contributed by atoms with Crippen LogP contribution in [0.25, 0.3) is 11.0 Å². The van der Waals surface area contributed by atoms with E-state index in [1.54, 1.807) is 24.3 Å². The van der Waals surface area contributed by atoms with E-state index in [-0.39, 0.29) is 30.1 Å². The predicted molar refractivity (Wildman–Crippen MR) is 87.0 cm³/mol. The quantitative estimate of drug-likeness (QED) is 0.623. The van der Waals surface area contributed by atoms with Crippen LogP contribution in [0.5, 0.6) is 0 Å². The Morgan fingerprint density at radius 3 is 2.79 bits per heavy atom. The van der Waals surface area contributed by atoms with Crippen LogP contribution in [0.15, 0.2) is 29.4 Å². The first-order valence-electron chi connectivity index (χ1n) is 7.65. The van der Waals surface area contributed by atoms with E-state index in [4.69, 9.17) is 4.84 Å². The van der Waals surface area contributed by atoms with Crippen LogP contribution >= 0.6 is 0 Å². The predicted octanol–water partition coefficient (Wildman–Crippen LogP) is 3.09. The first-order valence-corrected chi connectivity index (χ1v) is 7.65. The minimum atomic E-state index is -2.76. The smallest absolute Gasteiger partial charge is 0.320 e. The number of benzene rings is 1. The molecule has 0 aliphatic rings. The maximum absolute atomic E-state index is 13.3. The molecule has 0 bridgehead atoms. The number of alkyl halides is 2. The number of carbonyl (C=O) groups excluding carboxylic acids is 1. The number of nitrogens with one attached hydrogen (secondary N) is 1. The third-order valence-corrected chi connectivity index (χ3v) is 3.53. The number of fused-ring (bicyclic) bond motifs is 1. The minimum absolute atomic E-state index is 0.00790. The van der Waals surface area contributed by atoms with E-state index in [1.807, 2.05) is 13.8 Å². The Kier molecular flexibility index (Phi) is 5.83. The van der Waals surface area contributed by atoms with Crippen LogP contribution in [0.3, 0.4) is 0 Å². The highest BCUT2D eigenvalue weighted by Gasteiger charge is 2.19. The lowest BCUT2D eigenvalue weighted by molar-refractivity contribution is -0.126. The molecule has 24 heavy (non-hydrogen) atoms. The summed E-state index contributed by atoms with van der Waals surface area (Å²) in [6, 6.07) is 6.62. The molecule has 0 spiro atoms. The summed E-state index contributed by atoms with van der Waals surface area (Å²) in [5.41, 5.74) is 0.922. The summed E-state index contributed by atoms with van der Waals surface area (Å²) >= 11 is 0. The number of hydrogen-bond acceptors (Lipinski definition) is 4. The molecule has 1 N–H and O–H groups in total. The van der Waals surface area contributed by atoms with E-state index in [0.29, 0.717) is 11.0 Å². The fourth-order valence-electron chi connectivity index (χ4n) is 2.14. The average Bonchev–Trinajstić information content (AvgIpc) is 2.94. The summed E-state index contributed by atoms with van der Waals surface area (Å²) in [5, 5.41) is 6.47. The number of oxime groups is 1. The number of carbonyl (C=O) groups is 1. The highest BCUT2D eigenvalue weighted by molar-refractivity contribution is 5.98. The monoisotopic (exact) mass is 338 g/mol. The van der Waals surface area contributed by atoms with Crippen molar-refractivity contribution in [3.63, 3.8) is 0 Å². The molecule has 0 radical (unpaired) electrons. The third-order valence-electron chi connectivity index (χ3n) is 3.53. The second kappa shape index (κ2) is 7.85. The minimum Gasteiger partial charge on any atom is -0.385 e. The van der Waals surface area contributed by atoms with Crippen LogP contribution in [0, 0.1) is 0 Å². The standard InChI is InChI=1S/C16H20F2N4O2/c1-4-10(2)19-14(23)9-24-21-11(3)15-20-12-7-5-6-8-13(12)22(15)16(17)18/h5-8,10,16H,4,9H2,1-3H3,(H,19,23)/b21-11+. The Balaban J connectivity index is 2.14. The second-order valence-corrected chi connectivity index (χ2v) is 5.40. The zero-order valence-corrected chi connectivity index (χ0v) is 13.8. The maximum Gasteiger partial charge on any atom is 0.320 e. The molecular weight excluding hydrogens is 318 g/mol. The summed E-state index contributed by atoms with van der Waals surface area (Å²) < 4.78 is 27.5. The third kappa shape index (κ3) is 4.06. The lowest BCUT2D eigenvalue weighted by atomic mass is 10.2. The maximum atomic E-state index is 13.3. The van der Waals surface area contributed by atoms with Gasteiger partial charge in [0.1, 0.15) is 5.71 Å². The Morgan fingerprint density at radius 2 is 2.12 bits per heavy atom. The largest absolute Gasteiger partial charge is 0.385 e. The number of rotatable bonds is 7. The first-order chi connectivity index (χ1) is 11.4. The van der Waals surface area contributed by atoms with Gasteiger partial charge in [0, 0.05) is 6.04 Å². The molecule has 130 valence electrons. The Hall–Kier alpha value is -2.51. The molecule has 8 heteroatoms. The fourth-order valence-corrected chi connectivity index (χ4v) is 2.14. The summed E-state index contributed by atoms with van der Waals surface area (Å²) in [5.74, 6) is -0.309. The molecule has 1 atom stereocenters. The lowest BCUT2D eigenvalue weighted by Gasteiger charge is -2.10. The number of halogens is 2. The zero-order chi connectivity index (χ0) is 17.7. The van der Waals surface area contributed by atoms with Crippen molar-refractivity contribution in [2.75, 3.05) is 6.61 Å². The average molecular weight is 338 g/mol. The number of aromatic nitrogens is 2. The van der Waals surface area contributed by atoms with Crippen molar-refractivity contribution in [1.29, 1.82) is 0 Å². The summed E-state index contributed by atoms with van der Waals surface area (Å²) in [4.78, 5) is 20.7. The van der Waals surface area contributed by atoms with E-state index < -0.39 is 6.55 Å². The van der Waals surface area contributed by atoms with Crippen molar-refractivity contribution in [3.8, 4) is 0 Å². The Labute approximate surface area is 138 Å². The molecule has 6 nitrogen and oxygen atoms in total. The van der Waals surface area contributed by atoms with Gasteiger partial charge in [0.25, 0.3) is 5.91 Å². The van der Waals surface area contributed by atoms with Gasteiger partial charge < -0.3 is 10.2 Å². The SMILES string of the molecule is CCC(C)NC(=O)CO/N=C(\C)c1nc2ccccc2n1C(F)F. The topological polar surface area (TPSA) is 68.5 Å². The summed E-state index contributed by atoms with van der Waals surface area (Å²) in [6.45, 7) is 2.29. The van der Waals surface area contributed by atoms with E-state index in [9.17, 15) is 13.6 Å². The summed E-state index contributed by atoms with van der Waals surface area (Å²) in [7, 11) is 0. The second-order valence-electron chi connectivity index (χ2n) is 5.40. The van der Waals surface area contributed by atoms with Gasteiger partial charge in [0.05, 0.1) is 11.0 Å². The van der Waals surface area contributed by atoms with Gasteiger partial charge >= 0.3 is 6.55 Å². The van der Waals surface area contributed by atoms with E-state index in [1.165, 1.54) is 6.92 Å². The number of hydrogen-bond donors (Lipinski definition) is 1. The van der Waals surface area contributed by atoms with Gasteiger partial charge in [0.15, 0.2) is 12.4 Å². The number of nitrogens with zero attached hydrogens (tertiary/aromatic N) is 3. The Morgan fingerprint density at radius 1 is 1.42 bits per heavy atom. The van der Waals surface area contributed by atoms with Gasteiger partial charge in [-0.15, -0.1) is 0 Å². The van der Waals surface area contributed by atoms with Crippen molar-refractivity contribution in [3.05, 3.63) is 30.1 Å². The van der Waals surface area contributed by atoms with Gasteiger partial charge in [-0.2, -0.15) is 8.78 Å². The number of imidazole rings is 1. The van der Waals surface area contributed by atoms with Crippen LogP contribution in [-0.4, -0.2) is 33.8 Å². The Bertz CT molecular complexity index is 743. The number of amides is 1. The molecule has 0 fully saturated rings. The van der Waals surface area contributed by atoms with E-state index >= 15 is 0 Å². The van der Waals surface area contributed by atoms with E-state index in [0.717, 1.165) is 11.0 Å². The normalized spacial score (nSPS) is 13.3. The van der Waals surface area contributed by atoms with E-state index in [2.05, 4.69) is 15.5 Å². The highest BCUT2D eigenvalue weighted by Crippen LogP contribution is 2.23. The molecule has 0 aliphatic heterocycles. The lowest BCUT2D eigenvalue weighted by Crippen LogP contribution is -2.34. The van der Waals surface area contributed by atoms with Crippen molar-refractivity contribution in [1.82, 2.24) is 14.9 Å². The van der Waals surface area contributed by atoms with Crippen molar-refractivity contribution in [2.45, 2.75) is 39.8 Å². The van der Waals surface area contributed by atoms with Gasteiger partial charge in [0.2, 0.25) is 0 Å². The fraction of sp³-hybridized carbons (Fsp3) is 0.438. The van der Waals surface area contributed by atoms with Crippen LogP contribution in [0.1, 0.15) is 39.6 Å². The molecule has 1 unspecified atom stereocenters. The molecule has 1 aromatic carbocycles. The van der Waals surface area contributed by atoms with Crippen LogP contribution < -0.4 is 5.32 Å². The molecule has 0 saturated carbocycles. The van der Waals surface area contributed by atoms with Crippen LogP contribution in [0.4, 0.5) is 8.78 Å². The molecule has 0 aliphatic carbocycles.